The number of rotatable bonds is 8. The van der Waals surface area contributed by atoms with Crippen LogP contribution >= 0.6 is 23.1 Å². The number of ether oxygens (including phenoxy) is 1. The van der Waals surface area contributed by atoms with Gasteiger partial charge in [-0.25, -0.2) is 4.98 Å². The first-order valence-corrected chi connectivity index (χ1v) is 10.9. The van der Waals surface area contributed by atoms with Crippen LogP contribution in [0.2, 0.25) is 0 Å². The van der Waals surface area contributed by atoms with Gasteiger partial charge in [0.2, 0.25) is 5.91 Å². The fourth-order valence-corrected chi connectivity index (χ4v) is 4.26. The SMILES string of the molecule is CC[C@@H](C)NC(=O)CSc1nc2ccsc2c(=O)n1Cc1cccc(OC)c1. The van der Waals surface area contributed by atoms with Gasteiger partial charge in [-0.3, -0.25) is 14.2 Å². The number of nitrogens with zero attached hydrogens (tertiary/aromatic N) is 2. The minimum absolute atomic E-state index is 0.0630. The first kappa shape index (κ1) is 20.4. The van der Waals surface area contributed by atoms with Crippen molar-refractivity contribution < 1.29 is 9.53 Å². The van der Waals surface area contributed by atoms with E-state index in [2.05, 4.69) is 10.3 Å². The summed E-state index contributed by atoms with van der Waals surface area (Å²) < 4.78 is 7.53. The first-order valence-electron chi connectivity index (χ1n) is 9.05. The van der Waals surface area contributed by atoms with E-state index in [4.69, 9.17) is 4.74 Å². The molecule has 0 aliphatic heterocycles. The molecule has 6 nitrogen and oxygen atoms in total. The van der Waals surface area contributed by atoms with E-state index >= 15 is 0 Å². The van der Waals surface area contributed by atoms with Gasteiger partial charge in [0.1, 0.15) is 10.4 Å². The van der Waals surface area contributed by atoms with Crippen LogP contribution in [-0.2, 0) is 11.3 Å². The van der Waals surface area contributed by atoms with Gasteiger partial charge in [-0.1, -0.05) is 30.8 Å². The minimum Gasteiger partial charge on any atom is -0.497 e. The van der Waals surface area contributed by atoms with Crippen molar-refractivity contribution in [1.82, 2.24) is 14.9 Å². The van der Waals surface area contributed by atoms with Crippen LogP contribution in [0.4, 0.5) is 0 Å². The van der Waals surface area contributed by atoms with Crippen molar-refractivity contribution in [2.45, 2.75) is 38.0 Å². The van der Waals surface area contributed by atoms with Crippen molar-refractivity contribution in [3.8, 4) is 5.75 Å². The molecule has 3 rings (SSSR count). The number of amides is 1. The van der Waals surface area contributed by atoms with Crippen LogP contribution in [0.5, 0.6) is 5.75 Å². The monoisotopic (exact) mass is 417 g/mol. The van der Waals surface area contributed by atoms with Crippen LogP contribution in [0, 0.1) is 0 Å². The standard InChI is InChI=1S/C20H23N3O3S2/c1-4-13(2)21-17(24)12-28-20-22-16-8-9-27-18(16)19(25)23(20)11-14-6-5-7-15(10-14)26-3/h5-10,13H,4,11-12H2,1-3H3,(H,21,24)/t13-/m1/s1. The molecule has 0 fully saturated rings. The molecule has 1 aromatic carbocycles. The second kappa shape index (κ2) is 9.25. The number of nitrogens with one attached hydrogen (secondary N) is 1. The van der Waals surface area contributed by atoms with Crippen LogP contribution in [0.15, 0.2) is 45.7 Å². The molecule has 0 unspecified atom stereocenters. The van der Waals surface area contributed by atoms with Crippen LogP contribution in [0.25, 0.3) is 10.2 Å². The summed E-state index contributed by atoms with van der Waals surface area (Å²) in [6.07, 6.45) is 0.871. The van der Waals surface area contributed by atoms with Gasteiger partial charge in [-0.05, 0) is 42.5 Å². The van der Waals surface area contributed by atoms with Crippen molar-refractivity contribution in [3.05, 3.63) is 51.6 Å². The van der Waals surface area contributed by atoms with Crippen LogP contribution < -0.4 is 15.6 Å². The van der Waals surface area contributed by atoms with Gasteiger partial charge in [0.05, 0.1) is 24.9 Å². The van der Waals surface area contributed by atoms with E-state index in [0.29, 0.717) is 21.9 Å². The van der Waals surface area contributed by atoms with Gasteiger partial charge in [0.15, 0.2) is 5.16 Å². The fraction of sp³-hybridized carbons (Fsp3) is 0.350. The molecule has 2 aromatic heterocycles. The second-order valence-corrected chi connectivity index (χ2v) is 8.30. The zero-order valence-corrected chi connectivity index (χ0v) is 17.7. The molecule has 0 saturated heterocycles. The molecule has 8 heteroatoms. The molecular formula is C20H23N3O3S2. The predicted molar refractivity (Wildman–Crippen MR) is 115 cm³/mol. The van der Waals surface area contributed by atoms with E-state index in [1.165, 1.54) is 23.1 Å². The largest absolute Gasteiger partial charge is 0.497 e. The van der Waals surface area contributed by atoms with Crippen molar-refractivity contribution >= 4 is 39.2 Å². The summed E-state index contributed by atoms with van der Waals surface area (Å²) in [6.45, 7) is 4.36. The van der Waals surface area contributed by atoms with Gasteiger partial charge >= 0.3 is 0 Å². The zero-order chi connectivity index (χ0) is 20.1. The summed E-state index contributed by atoms with van der Waals surface area (Å²) in [5, 5.41) is 5.34. The Hall–Kier alpha value is -2.32. The summed E-state index contributed by atoms with van der Waals surface area (Å²) in [5.74, 6) is 0.884. The number of thiophene rings is 1. The Bertz CT molecular complexity index is 1030. The predicted octanol–water partition coefficient (Wildman–Crippen LogP) is 3.52. The summed E-state index contributed by atoms with van der Waals surface area (Å²) in [7, 11) is 1.61. The number of aromatic nitrogens is 2. The van der Waals surface area contributed by atoms with E-state index in [9.17, 15) is 9.59 Å². The number of fused-ring (bicyclic) bond motifs is 1. The highest BCUT2D eigenvalue weighted by Crippen LogP contribution is 2.22. The normalized spacial score (nSPS) is 12.1. The molecule has 0 spiro atoms. The number of benzene rings is 1. The Morgan fingerprint density at radius 1 is 1.39 bits per heavy atom. The third-order valence-corrected chi connectivity index (χ3v) is 6.23. The molecule has 0 radical (unpaired) electrons. The second-order valence-electron chi connectivity index (χ2n) is 6.44. The Morgan fingerprint density at radius 3 is 2.96 bits per heavy atom. The fourth-order valence-electron chi connectivity index (χ4n) is 2.68. The molecule has 0 bridgehead atoms. The molecule has 2 heterocycles. The zero-order valence-electron chi connectivity index (χ0n) is 16.1. The molecule has 0 aliphatic carbocycles. The molecule has 0 saturated carbocycles. The summed E-state index contributed by atoms with van der Waals surface area (Å²) in [4.78, 5) is 29.8. The number of thioether (sulfide) groups is 1. The lowest BCUT2D eigenvalue weighted by atomic mass is 10.2. The smallest absolute Gasteiger partial charge is 0.272 e. The topological polar surface area (TPSA) is 73.2 Å². The van der Waals surface area contributed by atoms with Crippen molar-refractivity contribution in [2.75, 3.05) is 12.9 Å². The summed E-state index contributed by atoms with van der Waals surface area (Å²) in [5.41, 5.74) is 1.51. The molecule has 3 aromatic rings. The molecule has 1 atom stereocenters. The Kier molecular flexibility index (Phi) is 6.74. The quantitative estimate of drug-likeness (QED) is 0.448. The maximum atomic E-state index is 13.0. The summed E-state index contributed by atoms with van der Waals surface area (Å²) in [6, 6.07) is 9.55. The van der Waals surface area contributed by atoms with Gasteiger partial charge < -0.3 is 10.1 Å². The third kappa shape index (κ3) is 4.74. The average molecular weight is 418 g/mol. The van der Waals surface area contributed by atoms with Gasteiger partial charge in [0, 0.05) is 6.04 Å². The number of carbonyl (C=O) groups is 1. The van der Waals surface area contributed by atoms with Gasteiger partial charge in [-0.15, -0.1) is 11.3 Å². The van der Waals surface area contributed by atoms with Crippen LogP contribution in [-0.4, -0.2) is 34.4 Å². The Morgan fingerprint density at radius 2 is 2.21 bits per heavy atom. The average Bonchev–Trinajstić information content (AvgIpc) is 3.17. The molecular weight excluding hydrogens is 394 g/mol. The van der Waals surface area contributed by atoms with E-state index in [0.717, 1.165) is 17.7 Å². The third-order valence-electron chi connectivity index (χ3n) is 4.36. The molecule has 1 N–H and O–H groups in total. The van der Waals surface area contributed by atoms with Crippen molar-refractivity contribution in [3.63, 3.8) is 0 Å². The molecule has 0 aliphatic rings. The lowest BCUT2D eigenvalue weighted by Crippen LogP contribution is -2.33. The van der Waals surface area contributed by atoms with Gasteiger partial charge in [0.25, 0.3) is 5.56 Å². The van der Waals surface area contributed by atoms with E-state index in [1.807, 2.05) is 49.6 Å². The number of methoxy groups -OCH3 is 1. The van der Waals surface area contributed by atoms with Crippen molar-refractivity contribution in [2.24, 2.45) is 0 Å². The van der Waals surface area contributed by atoms with E-state index in [-0.39, 0.29) is 23.3 Å². The van der Waals surface area contributed by atoms with E-state index < -0.39 is 0 Å². The highest BCUT2D eigenvalue weighted by molar-refractivity contribution is 7.99. The van der Waals surface area contributed by atoms with Crippen LogP contribution in [0.1, 0.15) is 25.8 Å². The lowest BCUT2D eigenvalue weighted by Gasteiger charge is -2.14. The lowest BCUT2D eigenvalue weighted by molar-refractivity contribution is -0.119. The summed E-state index contributed by atoms with van der Waals surface area (Å²) >= 11 is 2.66. The molecule has 28 heavy (non-hydrogen) atoms. The maximum Gasteiger partial charge on any atom is 0.272 e. The van der Waals surface area contributed by atoms with Crippen molar-refractivity contribution in [1.29, 1.82) is 0 Å². The van der Waals surface area contributed by atoms with Crippen LogP contribution in [0.3, 0.4) is 0 Å². The Balaban J connectivity index is 1.90. The number of hydrogen-bond donors (Lipinski definition) is 1. The molecule has 148 valence electrons. The van der Waals surface area contributed by atoms with E-state index in [1.54, 1.807) is 11.7 Å². The van der Waals surface area contributed by atoms with Gasteiger partial charge in [-0.2, -0.15) is 0 Å². The highest BCUT2D eigenvalue weighted by atomic mass is 32.2. The number of hydrogen-bond acceptors (Lipinski definition) is 6. The molecule has 1 amide bonds. The number of carbonyl (C=O) groups excluding carboxylic acids is 1. The maximum absolute atomic E-state index is 13.0. The Labute approximate surface area is 171 Å². The minimum atomic E-state index is -0.0901. The first-order chi connectivity index (χ1) is 13.5. The highest BCUT2D eigenvalue weighted by Gasteiger charge is 2.15.